The van der Waals surface area contributed by atoms with Gasteiger partial charge in [-0.3, -0.25) is 14.8 Å². The summed E-state index contributed by atoms with van der Waals surface area (Å²) in [5, 5.41) is 0.880. The van der Waals surface area contributed by atoms with Crippen LogP contribution in [0.15, 0.2) is 84.1 Å². The number of piperidine rings is 1. The molecule has 0 radical (unpaired) electrons. The lowest BCUT2D eigenvalue weighted by molar-refractivity contribution is -0.137. The average molecular weight is 560 g/mol. The van der Waals surface area contributed by atoms with Crippen LogP contribution in [0.4, 0.5) is 10.1 Å². The van der Waals surface area contributed by atoms with Crippen LogP contribution in [0.1, 0.15) is 12.8 Å². The number of carbonyl (C=O) groups excluding carboxylic acids is 1. The molecule has 1 atom stereocenters. The molecule has 0 unspecified atom stereocenters. The van der Waals surface area contributed by atoms with Crippen molar-refractivity contribution < 1.29 is 17.6 Å². The zero-order valence-electron chi connectivity index (χ0n) is 22.0. The Labute approximate surface area is 233 Å². The first-order valence-electron chi connectivity index (χ1n) is 13.5. The monoisotopic (exact) mass is 559 g/mol. The van der Waals surface area contributed by atoms with Gasteiger partial charge < -0.3 is 9.80 Å². The number of carbonyl (C=O) groups is 1. The van der Waals surface area contributed by atoms with Crippen LogP contribution in [0, 0.1) is 11.7 Å². The van der Waals surface area contributed by atoms with Crippen molar-refractivity contribution in [3.8, 4) is 11.1 Å². The number of fused-ring (bicyclic) bond motifs is 1. The van der Waals surface area contributed by atoms with Gasteiger partial charge in [-0.25, -0.2) is 12.8 Å². The van der Waals surface area contributed by atoms with Crippen molar-refractivity contribution in [1.29, 1.82) is 0 Å². The molecule has 2 aliphatic heterocycles. The van der Waals surface area contributed by atoms with Gasteiger partial charge in [-0.05, 0) is 66.4 Å². The van der Waals surface area contributed by atoms with Crippen molar-refractivity contribution in [3.05, 3.63) is 85.1 Å². The van der Waals surface area contributed by atoms with Crippen LogP contribution in [-0.4, -0.2) is 72.8 Å². The highest BCUT2D eigenvalue weighted by molar-refractivity contribution is 7.89. The average Bonchev–Trinajstić information content (AvgIpc) is 3.01. The highest BCUT2D eigenvalue weighted by atomic mass is 32.2. The molecule has 4 heterocycles. The molecule has 2 fully saturated rings. The van der Waals surface area contributed by atoms with Crippen LogP contribution < -0.4 is 4.90 Å². The molecule has 206 valence electrons. The number of hydrogen-bond acceptors (Lipinski definition) is 6. The van der Waals surface area contributed by atoms with Crippen molar-refractivity contribution in [2.45, 2.75) is 17.7 Å². The van der Waals surface area contributed by atoms with E-state index in [0.29, 0.717) is 51.1 Å². The number of nitrogens with zero attached hydrogens (tertiary/aromatic N) is 5. The van der Waals surface area contributed by atoms with E-state index in [2.05, 4.69) is 14.9 Å². The number of benzene rings is 2. The van der Waals surface area contributed by atoms with Gasteiger partial charge in [0, 0.05) is 75.0 Å². The van der Waals surface area contributed by atoms with Gasteiger partial charge in [0.1, 0.15) is 5.82 Å². The summed E-state index contributed by atoms with van der Waals surface area (Å²) in [5.41, 5.74) is 3.46. The summed E-state index contributed by atoms with van der Waals surface area (Å²) in [6.45, 7) is 2.96. The lowest BCUT2D eigenvalue weighted by atomic mass is 9.97. The van der Waals surface area contributed by atoms with Crippen LogP contribution in [0.5, 0.6) is 0 Å². The first kappa shape index (κ1) is 26.3. The smallest absolute Gasteiger partial charge is 0.243 e. The predicted octanol–water partition coefficient (Wildman–Crippen LogP) is 4.19. The predicted molar refractivity (Wildman–Crippen MR) is 152 cm³/mol. The Kier molecular flexibility index (Phi) is 7.20. The summed E-state index contributed by atoms with van der Waals surface area (Å²) in [6, 6.07) is 17.2. The number of halogens is 1. The van der Waals surface area contributed by atoms with Crippen molar-refractivity contribution in [2.75, 3.05) is 44.2 Å². The van der Waals surface area contributed by atoms with Crippen LogP contribution >= 0.6 is 0 Å². The molecule has 6 rings (SSSR count). The van der Waals surface area contributed by atoms with Crippen molar-refractivity contribution >= 4 is 32.5 Å². The van der Waals surface area contributed by atoms with E-state index >= 15 is 0 Å². The fraction of sp³-hybridized carbons (Fsp3) is 0.300. The van der Waals surface area contributed by atoms with Crippen molar-refractivity contribution in [1.82, 2.24) is 19.2 Å². The van der Waals surface area contributed by atoms with Gasteiger partial charge in [0.25, 0.3) is 0 Å². The number of aromatic nitrogens is 2. The van der Waals surface area contributed by atoms with Crippen LogP contribution in [0.2, 0.25) is 0 Å². The van der Waals surface area contributed by atoms with Gasteiger partial charge >= 0.3 is 0 Å². The Bertz CT molecular complexity index is 1620. The molecule has 1 amide bonds. The van der Waals surface area contributed by atoms with E-state index < -0.39 is 10.0 Å². The van der Waals surface area contributed by atoms with Gasteiger partial charge in [-0.1, -0.05) is 12.1 Å². The molecule has 40 heavy (non-hydrogen) atoms. The summed E-state index contributed by atoms with van der Waals surface area (Å²) in [4.78, 5) is 26.1. The number of sulfonamides is 1. The second-order valence-corrected chi connectivity index (χ2v) is 12.2. The number of pyridine rings is 2. The Hall–Kier alpha value is -3.89. The minimum Gasteiger partial charge on any atom is -0.367 e. The molecule has 8 nitrogen and oxygen atoms in total. The standard InChI is InChI=1S/C30H30FN5O3S/c31-25-5-8-27-28(20-25)33-14-11-29(27)34-16-18-35(19-17-34)30(37)24-2-1-15-36(21-24)40(38,39)26-6-3-22(4-7-26)23-9-12-32-13-10-23/h3-14,20,24H,1-2,15-19,21H2/t24-/m1/s1. The third-order valence-electron chi connectivity index (χ3n) is 7.85. The first-order chi connectivity index (χ1) is 19.4. The fourth-order valence-corrected chi connectivity index (χ4v) is 7.21. The molecule has 0 aliphatic carbocycles. The number of anilines is 1. The molecular formula is C30H30FN5O3S. The Morgan fingerprint density at radius 1 is 0.850 bits per heavy atom. The molecule has 2 aromatic carbocycles. The van der Waals surface area contributed by atoms with E-state index in [4.69, 9.17) is 0 Å². The van der Waals surface area contributed by atoms with E-state index in [-0.39, 0.29) is 29.1 Å². The summed E-state index contributed by atoms with van der Waals surface area (Å²) in [5.74, 6) is -0.678. The molecule has 10 heteroatoms. The van der Waals surface area contributed by atoms with Crippen LogP contribution in [0.3, 0.4) is 0 Å². The van der Waals surface area contributed by atoms with E-state index in [1.54, 1.807) is 48.9 Å². The number of hydrogen-bond donors (Lipinski definition) is 0. The maximum absolute atomic E-state index is 13.7. The van der Waals surface area contributed by atoms with Crippen LogP contribution in [-0.2, 0) is 14.8 Å². The maximum atomic E-state index is 13.7. The van der Waals surface area contributed by atoms with Gasteiger partial charge in [-0.2, -0.15) is 4.31 Å². The minimum atomic E-state index is -3.72. The van der Waals surface area contributed by atoms with Crippen molar-refractivity contribution in [2.24, 2.45) is 5.92 Å². The van der Waals surface area contributed by atoms with E-state index in [1.807, 2.05) is 23.1 Å². The van der Waals surface area contributed by atoms with E-state index in [9.17, 15) is 17.6 Å². The van der Waals surface area contributed by atoms with Gasteiger partial charge in [-0.15, -0.1) is 0 Å². The quantitative estimate of drug-likeness (QED) is 0.365. The lowest BCUT2D eigenvalue weighted by Gasteiger charge is -2.39. The van der Waals surface area contributed by atoms with E-state index in [0.717, 1.165) is 22.2 Å². The SMILES string of the molecule is O=C([C@@H]1CCCN(S(=O)(=O)c2ccc(-c3ccncc3)cc2)C1)N1CCN(c2ccnc3cc(F)ccc23)CC1. The molecule has 0 saturated carbocycles. The molecule has 0 bridgehead atoms. The number of amides is 1. The normalized spacial score (nSPS) is 18.7. The highest BCUT2D eigenvalue weighted by Crippen LogP contribution is 2.29. The van der Waals surface area contributed by atoms with Gasteiger partial charge in [0.05, 0.1) is 16.3 Å². The molecule has 0 spiro atoms. The van der Waals surface area contributed by atoms with Crippen LogP contribution in [0.25, 0.3) is 22.0 Å². The summed E-state index contributed by atoms with van der Waals surface area (Å²) >= 11 is 0. The third kappa shape index (κ3) is 5.16. The van der Waals surface area contributed by atoms with Gasteiger partial charge in [0.15, 0.2) is 0 Å². The molecule has 0 N–H and O–H groups in total. The molecule has 2 aromatic heterocycles. The van der Waals surface area contributed by atoms with E-state index in [1.165, 1.54) is 16.4 Å². The number of piperazine rings is 1. The lowest BCUT2D eigenvalue weighted by Crippen LogP contribution is -2.53. The molecule has 2 aliphatic rings. The number of rotatable bonds is 5. The Morgan fingerprint density at radius 3 is 2.33 bits per heavy atom. The second-order valence-electron chi connectivity index (χ2n) is 10.3. The summed E-state index contributed by atoms with van der Waals surface area (Å²) in [7, 11) is -3.72. The maximum Gasteiger partial charge on any atom is 0.243 e. The van der Waals surface area contributed by atoms with Crippen molar-refractivity contribution in [3.63, 3.8) is 0 Å². The molecule has 4 aromatic rings. The zero-order valence-corrected chi connectivity index (χ0v) is 22.8. The summed E-state index contributed by atoms with van der Waals surface area (Å²) < 4.78 is 42.0. The topological polar surface area (TPSA) is 86.7 Å². The van der Waals surface area contributed by atoms with Gasteiger partial charge in [0.2, 0.25) is 15.9 Å². The summed E-state index contributed by atoms with van der Waals surface area (Å²) in [6.07, 6.45) is 6.40. The first-order valence-corrected chi connectivity index (χ1v) is 14.9. The second kappa shape index (κ2) is 10.9. The fourth-order valence-electron chi connectivity index (χ4n) is 5.68. The largest absolute Gasteiger partial charge is 0.367 e. The molecular weight excluding hydrogens is 529 g/mol. The Balaban J connectivity index is 1.10. The highest BCUT2D eigenvalue weighted by Gasteiger charge is 2.36. The minimum absolute atomic E-state index is 0.00856. The zero-order chi connectivity index (χ0) is 27.7. The molecule has 2 saturated heterocycles. The third-order valence-corrected chi connectivity index (χ3v) is 9.73. The Morgan fingerprint density at radius 2 is 1.57 bits per heavy atom.